The minimum Gasteiger partial charge on any atom is -0.339 e. The van der Waals surface area contributed by atoms with Gasteiger partial charge in [0.2, 0.25) is 0 Å². The van der Waals surface area contributed by atoms with Crippen molar-refractivity contribution in [3.63, 3.8) is 0 Å². The van der Waals surface area contributed by atoms with E-state index < -0.39 is 0 Å². The van der Waals surface area contributed by atoms with Gasteiger partial charge in [-0.25, -0.2) is 0 Å². The van der Waals surface area contributed by atoms with Crippen molar-refractivity contribution in [2.75, 3.05) is 19.6 Å². The molecule has 4 nitrogen and oxygen atoms in total. The highest BCUT2D eigenvalue weighted by Gasteiger charge is 2.16. The molecule has 0 aliphatic carbocycles. The zero-order valence-electron chi connectivity index (χ0n) is 12.5. The van der Waals surface area contributed by atoms with E-state index in [9.17, 15) is 4.79 Å². The first-order chi connectivity index (χ1) is 9.62. The Labute approximate surface area is 121 Å². The number of nitrogens with zero attached hydrogens (tertiary/aromatic N) is 2. The average molecular weight is 273 g/mol. The zero-order valence-corrected chi connectivity index (χ0v) is 12.5. The molecule has 4 heteroatoms. The molecule has 0 radical (unpaired) electrons. The largest absolute Gasteiger partial charge is 0.339 e. The molecular weight excluding hydrogens is 250 g/mol. The standard InChI is InChI=1S/C16H23N3O/c1-4-13(3)12-19(5-2)16(20)15-9-14(7-6-8-17)10-18-11-15/h9-11,13H,4-5,8,12,17H2,1-3H3. The topological polar surface area (TPSA) is 59.2 Å². The fourth-order valence-electron chi connectivity index (χ4n) is 1.82. The number of hydrogen-bond acceptors (Lipinski definition) is 3. The van der Waals surface area contributed by atoms with E-state index in [1.54, 1.807) is 18.5 Å². The van der Waals surface area contributed by atoms with Gasteiger partial charge in [-0.3, -0.25) is 9.78 Å². The number of amides is 1. The molecule has 0 bridgehead atoms. The lowest BCUT2D eigenvalue weighted by Crippen LogP contribution is -2.34. The van der Waals surface area contributed by atoms with Gasteiger partial charge in [-0.2, -0.15) is 0 Å². The minimum absolute atomic E-state index is 0.0108. The molecule has 0 aromatic carbocycles. The number of carbonyl (C=O) groups excluding carboxylic acids is 1. The first-order valence-corrected chi connectivity index (χ1v) is 7.05. The van der Waals surface area contributed by atoms with Crippen LogP contribution in [0.1, 0.15) is 43.1 Å². The molecule has 20 heavy (non-hydrogen) atoms. The number of aromatic nitrogens is 1. The maximum atomic E-state index is 12.5. The summed E-state index contributed by atoms with van der Waals surface area (Å²) in [5.74, 6) is 6.17. The molecule has 108 valence electrons. The summed E-state index contributed by atoms with van der Waals surface area (Å²) in [7, 11) is 0. The third-order valence-electron chi connectivity index (χ3n) is 3.22. The maximum Gasteiger partial charge on any atom is 0.255 e. The number of hydrogen-bond donors (Lipinski definition) is 1. The van der Waals surface area contributed by atoms with E-state index >= 15 is 0 Å². The Morgan fingerprint density at radius 2 is 2.20 bits per heavy atom. The molecule has 0 spiro atoms. The van der Waals surface area contributed by atoms with Crippen molar-refractivity contribution in [1.29, 1.82) is 0 Å². The van der Waals surface area contributed by atoms with Crippen molar-refractivity contribution in [1.82, 2.24) is 9.88 Å². The summed E-state index contributed by atoms with van der Waals surface area (Å²) < 4.78 is 0. The van der Waals surface area contributed by atoms with Crippen LogP contribution in [0.3, 0.4) is 0 Å². The summed E-state index contributed by atoms with van der Waals surface area (Å²) >= 11 is 0. The quantitative estimate of drug-likeness (QED) is 0.834. The van der Waals surface area contributed by atoms with Crippen molar-refractivity contribution in [3.8, 4) is 11.8 Å². The van der Waals surface area contributed by atoms with Crippen LogP contribution in [0, 0.1) is 17.8 Å². The van der Waals surface area contributed by atoms with Crippen molar-refractivity contribution in [2.45, 2.75) is 27.2 Å². The summed E-state index contributed by atoms with van der Waals surface area (Å²) in [5, 5.41) is 0. The van der Waals surface area contributed by atoms with Crippen molar-refractivity contribution in [2.24, 2.45) is 11.7 Å². The molecule has 0 aliphatic rings. The SMILES string of the molecule is CCC(C)CN(CC)C(=O)c1cncc(C#CCN)c1. The van der Waals surface area contributed by atoms with E-state index in [0.29, 0.717) is 24.6 Å². The lowest BCUT2D eigenvalue weighted by Gasteiger charge is -2.24. The third kappa shape index (κ3) is 4.67. The second-order valence-corrected chi connectivity index (χ2v) is 4.83. The molecule has 0 saturated carbocycles. The molecule has 0 saturated heterocycles. The van der Waals surface area contributed by atoms with Gasteiger partial charge in [-0.1, -0.05) is 32.1 Å². The van der Waals surface area contributed by atoms with Crippen LogP contribution in [0.2, 0.25) is 0 Å². The minimum atomic E-state index is 0.0108. The zero-order chi connectivity index (χ0) is 15.0. The Kier molecular flexibility index (Phi) is 6.75. The predicted molar refractivity (Wildman–Crippen MR) is 81.2 cm³/mol. The number of rotatable bonds is 5. The number of carbonyl (C=O) groups is 1. The summed E-state index contributed by atoms with van der Waals surface area (Å²) in [6.45, 7) is 8.04. The lowest BCUT2D eigenvalue weighted by atomic mass is 10.1. The van der Waals surface area contributed by atoms with Gasteiger partial charge in [0.1, 0.15) is 0 Å². The van der Waals surface area contributed by atoms with Gasteiger partial charge < -0.3 is 10.6 Å². The smallest absolute Gasteiger partial charge is 0.255 e. The molecule has 0 fully saturated rings. The van der Waals surface area contributed by atoms with E-state index in [1.807, 2.05) is 11.8 Å². The van der Waals surface area contributed by atoms with Gasteiger partial charge >= 0.3 is 0 Å². The molecular formula is C16H23N3O. The molecule has 1 aromatic rings. The van der Waals surface area contributed by atoms with Crippen LogP contribution in [0.5, 0.6) is 0 Å². The van der Waals surface area contributed by atoms with E-state index in [2.05, 4.69) is 30.7 Å². The molecule has 1 atom stereocenters. The number of pyridine rings is 1. The molecule has 1 heterocycles. The first kappa shape index (κ1) is 16.2. The Morgan fingerprint density at radius 3 is 2.80 bits per heavy atom. The summed E-state index contributed by atoms with van der Waals surface area (Å²) in [5.41, 5.74) is 6.65. The van der Waals surface area contributed by atoms with E-state index in [0.717, 1.165) is 18.5 Å². The molecule has 2 N–H and O–H groups in total. The monoisotopic (exact) mass is 273 g/mol. The van der Waals surface area contributed by atoms with E-state index in [4.69, 9.17) is 5.73 Å². The highest BCUT2D eigenvalue weighted by atomic mass is 16.2. The van der Waals surface area contributed by atoms with Crippen molar-refractivity contribution < 1.29 is 4.79 Å². The van der Waals surface area contributed by atoms with Crippen LogP contribution in [-0.2, 0) is 0 Å². The Hall–Kier alpha value is -1.86. The molecule has 1 rings (SSSR count). The van der Waals surface area contributed by atoms with Crippen LogP contribution < -0.4 is 5.73 Å². The van der Waals surface area contributed by atoms with Gasteiger partial charge in [0.05, 0.1) is 12.1 Å². The summed E-state index contributed by atoms with van der Waals surface area (Å²) in [4.78, 5) is 18.4. The van der Waals surface area contributed by atoms with E-state index in [-0.39, 0.29) is 5.91 Å². The van der Waals surface area contributed by atoms with Crippen LogP contribution in [0.4, 0.5) is 0 Å². The normalized spacial score (nSPS) is 11.4. The fraction of sp³-hybridized carbons (Fsp3) is 0.500. The van der Waals surface area contributed by atoms with Crippen molar-refractivity contribution in [3.05, 3.63) is 29.6 Å². The first-order valence-electron chi connectivity index (χ1n) is 7.05. The summed E-state index contributed by atoms with van der Waals surface area (Å²) in [6, 6.07) is 1.78. The Morgan fingerprint density at radius 1 is 1.45 bits per heavy atom. The third-order valence-corrected chi connectivity index (χ3v) is 3.22. The van der Waals surface area contributed by atoms with E-state index in [1.165, 1.54) is 0 Å². The second-order valence-electron chi connectivity index (χ2n) is 4.83. The highest BCUT2D eigenvalue weighted by molar-refractivity contribution is 5.94. The Bertz CT molecular complexity index is 502. The van der Waals surface area contributed by atoms with Gasteiger partial charge in [0, 0.05) is 31.0 Å². The molecule has 1 aromatic heterocycles. The molecule has 1 unspecified atom stereocenters. The average Bonchev–Trinajstić information content (AvgIpc) is 2.49. The van der Waals surface area contributed by atoms with Gasteiger partial charge in [-0.15, -0.1) is 0 Å². The molecule has 1 amide bonds. The lowest BCUT2D eigenvalue weighted by molar-refractivity contribution is 0.0740. The van der Waals surface area contributed by atoms with Crippen LogP contribution in [0.25, 0.3) is 0 Å². The predicted octanol–water partition coefficient (Wildman–Crippen LogP) is 1.90. The number of nitrogens with two attached hydrogens (primary N) is 1. The van der Waals surface area contributed by atoms with Crippen LogP contribution >= 0.6 is 0 Å². The van der Waals surface area contributed by atoms with Crippen molar-refractivity contribution >= 4 is 5.91 Å². The van der Waals surface area contributed by atoms with Crippen LogP contribution in [0.15, 0.2) is 18.5 Å². The van der Waals surface area contributed by atoms with Crippen LogP contribution in [-0.4, -0.2) is 35.4 Å². The maximum absolute atomic E-state index is 12.5. The second kappa shape index (κ2) is 8.34. The Balaban J connectivity index is 2.89. The summed E-state index contributed by atoms with van der Waals surface area (Å²) in [6.07, 6.45) is 4.30. The van der Waals surface area contributed by atoms with Gasteiger partial charge in [-0.05, 0) is 18.9 Å². The molecule has 0 aliphatic heterocycles. The fourth-order valence-corrected chi connectivity index (χ4v) is 1.82. The van der Waals surface area contributed by atoms with Gasteiger partial charge in [0.25, 0.3) is 5.91 Å². The van der Waals surface area contributed by atoms with Gasteiger partial charge in [0.15, 0.2) is 0 Å². The highest BCUT2D eigenvalue weighted by Crippen LogP contribution is 2.10.